The Kier molecular flexibility index (Phi) is 5.09. The van der Waals surface area contributed by atoms with Crippen LogP contribution >= 0.6 is 0 Å². The minimum Gasteiger partial charge on any atom is -0.488 e. The number of hydrogen-bond donors (Lipinski definition) is 1. The van der Waals surface area contributed by atoms with Crippen molar-refractivity contribution in [2.45, 2.75) is 13.1 Å². The second-order valence-corrected chi connectivity index (χ2v) is 8.38. The summed E-state index contributed by atoms with van der Waals surface area (Å²) in [4.78, 5) is 46.6. The zero-order valence-electron chi connectivity index (χ0n) is 18.0. The standard InChI is InChI=1S/C22H25N5O5/c1-13-9-23-18-8-16(3-4-27(18)20(13)28)26-5-6-32-17-7-14(10-24-19(17)26)21(29)25-11-15(12-25)22(30)31-2/h3-4,7-8,10,13,15,18,23H,5-6,9,11-12H2,1-2H3. The minimum absolute atomic E-state index is 0.0538. The van der Waals surface area contributed by atoms with Crippen molar-refractivity contribution in [1.82, 2.24) is 20.1 Å². The lowest BCUT2D eigenvalue weighted by Crippen LogP contribution is -2.56. The van der Waals surface area contributed by atoms with Crippen LogP contribution in [0.1, 0.15) is 17.3 Å². The van der Waals surface area contributed by atoms with E-state index < -0.39 is 0 Å². The molecule has 168 valence electrons. The zero-order chi connectivity index (χ0) is 22.4. The lowest BCUT2D eigenvalue weighted by Gasteiger charge is -2.40. The van der Waals surface area contributed by atoms with Crippen LogP contribution in [-0.4, -0.2) is 78.6 Å². The molecule has 0 saturated carbocycles. The van der Waals surface area contributed by atoms with Crippen molar-refractivity contribution in [3.8, 4) is 5.75 Å². The number of carbonyl (C=O) groups is 3. The van der Waals surface area contributed by atoms with Crippen LogP contribution in [0, 0.1) is 11.8 Å². The molecule has 2 saturated heterocycles. The highest BCUT2D eigenvalue weighted by Gasteiger charge is 2.38. The first kappa shape index (κ1) is 20.5. The number of amides is 2. The molecule has 2 unspecified atom stereocenters. The first-order valence-electron chi connectivity index (χ1n) is 10.7. The maximum absolute atomic E-state index is 12.8. The molecule has 5 heterocycles. The van der Waals surface area contributed by atoms with E-state index in [1.165, 1.54) is 13.3 Å². The molecule has 0 spiro atoms. The van der Waals surface area contributed by atoms with E-state index >= 15 is 0 Å². The molecule has 0 aliphatic carbocycles. The molecule has 10 nitrogen and oxygen atoms in total. The van der Waals surface area contributed by atoms with Crippen molar-refractivity contribution in [1.29, 1.82) is 0 Å². The normalized spacial score (nSPS) is 24.8. The average molecular weight is 439 g/mol. The molecule has 1 N–H and O–H groups in total. The molecular weight excluding hydrogens is 414 g/mol. The van der Waals surface area contributed by atoms with Crippen LogP contribution in [-0.2, 0) is 14.3 Å². The molecule has 1 aromatic rings. The zero-order valence-corrected chi connectivity index (χ0v) is 18.0. The third-order valence-corrected chi connectivity index (χ3v) is 6.27. The van der Waals surface area contributed by atoms with Crippen molar-refractivity contribution in [3.63, 3.8) is 0 Å². The van der Waals surface area contributed by atoms with Crippen molar-refractivity contribution in [2.75, 3.05) is 44.8 Å². The van der Waals surface area contributed by atoms with Crippen molar-refractivity contribution >= 4 is 23.6 Å². The number of ether oxygens (including phenoxy) is 2. The molecule has 0 aromatic carbocycles. The van der Waals surface area contributed by atoms with Crippen molar-refractivity contribution < 1.29 is 23.9 Å². The van der Waals surface area contributed by atoms with E-state index in [2.05, 4.69) is 10.3 Å². The van der Waals surface area contributed by atoms with E-state index in [1.807, 2.05) is 24.0 Å². The second kappa shape index (κ2) is 7.94. The fraction of sp³-hybridized carbons (Fsp3) is 0.455. The number of anilines is 1. The fourth-order valence-electron chi connectivity index (χ4n) is 4.34. The molecule has 5 rings (SSSR count). The van der Waals surface area contributed by atoms with Gasteiger partial charge in [0.05, 0.1) is 25.1 Å². The SMILES string of the molecule is COC(=O)C1CN(C(=O)c2cnc3c(c2)OCCN3C2=CC3NCC(C)C(=O)N3C=C2)C1. The topological polar surface area (TPSA) is 104 Å². The van der Waals surface area contributed by atoms with Crippen molar-refractivity contribution in [2.24, 2.45) is 11.8 Å². The van der Waals surface area contributed by atoms with Gasteiger partial charge < -0.3 is 19.3 Å². The van der Waals surface area contributed by atoms with E-state index in [0.29, 0.717) is 49.9 Å². The Morgan fingerprint density at radius 1 is 1.31 bits per heavy atom. The van der Waals surface area contributed by atoms with Gasteiger partial charge in [0.1, 0.15) is 12.8 Å². The van der Waals surface area contributed by atoms with Crippen molar-refractivity contribution in [3.05, 3.63) is 41.9 Å². The number of allylic oxidation sites excluding steroid dienone is 1. The van der Waals surface area contributed by atoms with Crippen LogP contribution in [0.2, 0.25) is 0 Å². The molecule has 2 fully saturated rings. The van der Waals surface area contributed by atoms with E-state index in [-0.39, 0.29) is 35.8 Å². The Bertz CT molecular complexity index is 1030. The van der Waals surface area contributed by atoms with Gasteiger partial charge in [-0.15, -0.1) is 0 Å². The highest BCUT2D eigenvalue weighted by molar-refractivity contribution is 5.96. The molecule has 4 aliphatic rings. The number of nitrogens with zero attached hydrogens (tertiary/aromatic N) is 4. The third-order valence-electron chi connectivity index (χ3n) is 6.27. The van der Waals surface area contributed by atoms with E-state index in [1.54, 1.807) is 22.1 Å². The summed E-state index contributed by atoms with van der Waals surface area (Å²) >= 11 is 0. The van der Waals surface area contributed by atoms with Crippen LogP contribution in [0.15, 0.2) is 36.3 Å². The first-order valence-corrected chi connectivity index (χ1v) is 10.7. The van der Waals surface area contributed by atoms with Gasteiger partial charge in [-0.2, -0.15) is 0 Å². The predicted octanol–water partition coefficient (Wildman–Crippen LogP) is 0.331. The summed E-state index contributed by atoms with van der Waals surface area (Å²) in [5.74, 6) is 0.453. The average Bonchev–Trinajstić information content (AvgIpc) is 2.79. The molecule has 2 atom stereocenters. The number of rotatable bonds is 3. The van der Waals surface area contributed by atoms with Gasteiger partial charge in [-0.3, -0.25) is 24.6 Å². The van der Waals surface area contributed by atoms with Gasteiger partial charge in [0.15, 0.2) is 11.6 Å². The van der Waals surface area contributed by atoms with Crippen LogP contribution in [0.4, 0.5) is 5.82 Å². The summed E-state index contributed by atoms with van der Waals surface area (Å²) in [6, 6.07) is 1.70. The lowest BCUT2D eigenvalue weighted by atomic mass is 9.99. The summed E-state index contributed by atoms with van der Waals surface area (Å²) in [5.41, 5.74) is 1.34. The summed E-state index contributed by atoms with van der Waals surface area (Å²) < 4.78 is 10.5. The molecule has 32 heavy (non-hydrogen) atoms. The van der Waals surface area contributed by atoms with Gasteiger partial charge in [-0.25, -0.2) is 4.98 Å². The third kappa shape index (κ3) is 3.40. The Morgan fingerprint density at radius 3 is 2.91 bits per heavy atom. The number of fused-ring (bicyclic) bond motifs is 2. The Labute approximate surface area is 185 Å². The lowest BCUT2D eigenvalue weighted by molar-refractivity contribution is -0.150. The van der Waals surface area contributed by atoms with E-state index in [0.717, 1.165) is 5.70 Å². The van der Waals surface area contributed by atoms with Gasteiger partial charge in [0.25, 0.3) is 5.91 Å². The molecule has 10 heteroatoms. The number of aromatic nitrogens is 1. The number of carbonyl (C=O) groups excluding carboxylic acids is 3. The minimum atomic E-state index is -0.299. The molecule has 0 bridgehead atoms. The first-order chi connectivity index (χ1) is 15.5. The number of pyridine rings is 1. The number of methoxy groups -OCH3 is 1. The molecule has 0 radical (unpaired) electrons. The maximum Gasteiger partial charge on any atom is 0.312 e. The monoisotopic (exact) mass is 439 g/mol. The van der Waals surface area contributed by atoms with Gasteiger partial charge in [0.2, 0.25) is 5.91 Å². The van der Waals surface area contributed by atoms with E-state index in [9.17, 15) is 14.4 Å². The maximum atomic E-state index is 12.8. The second-order valence-electron chi connectivity index (χ2n) is 8.38. The van der Waals surface area contributed by atoms with Crippen LogP contribution < -0.4 is 15.0 Å². The number of nitrogens with one attached hydrogen (secondary N) is 1. The molecule has 1 aromatic heterocycles. The molecule has 2 amide bonds. The molecular formula is C22H25N5O5. The number of likely N-dealkylation sites (tertiary alicyclic amines) is 1. The smallest absolute Gasteiger partial charge is 0.312 e. The summed E-state index contributed by atoms with van der Waals surface area (Å²) in [6.45, 7) is 4.28. The van der Waals surface area contributed by atoms with Gasteiger partial charge in [0, 0.05) is 43.6 Å². The Balaban J connectivity index is 1.33. The summed E-state index contributed by atoms with van der Waals surface area (Å²) in [7, 11) is 1.35. The number of hydrogen-bond acceptors (Lipinski definition) is 8. The molecule has 4 aliphatic heterocycles. The highest BCUT2D eigenvalue weighted by atomic mass is 16.5. The van der Waals surface area contributed by atoms with E-state index in [4.69, 9.17) is 9.47 Å². The summed E-state index contributed by atoms with van der Waals surface area (Å²) in [5, 5.41) is 3.38. The van der Waals surface area contributed by atoms with Gasteiger partial charge in [-0.1, -0.05) is 6.92 Å². The van der Waals surface area contributed by atoms with Crippen LogP contribution in [0.3, 0.4) is 0 Å². The van der Waals surface area contributed by atoms with Gasteiger partial charge in [-0.05, 0) is 18.2 Å². The number of esters is 1. The Morgan fingerprint density at radius 2 is 2.12 bits per heavy atom. The Hall–Kier alpha value is -3.40. The van der Waals surface area contributed by atoms with Gasteiger partial charge >= 0.3 is 5.97 Å². The summed E-state index contributed by atoms with van der Waals surface area (Å²) in [6.07, 6.45) is 7.06. The quantitative estimate of drug-likeness (QED) is 0.672. The largest absolute Gasteiger partial charge is 0.488 e. The van der Waals surface area contributed by atoms with Crippen LogP contribution in [0.5, 0.6) is 5.75 Å². The highest BCUT2D eigenvalue weighted by Crippen LogP contribution is 2.35. The van der Waals surface area contributed by atoms with Crippen LogP contribution in [0.25, 0.3) is 0 Å². The fourth-order valence-corrected chi connectivity index (χ4v) is 4.34. The predicted molar refractivity (Wildman–Crippen MR) is 114 cm³/mol.